The number of hydrogen-bond donors (Lipinski definition) is 0. The van der Waals surface area contributed by atoms with Gasteiger partial charge in [0.25, 0.3) is 0 Å². The molecule has 2 aromatic carbocycles. The van der Waals surface area contributed by atoms with E-state index in [4.69, 9.17) is 16.0 Å². The summed E-state index contributed by atoms with van der Waals surface area (Å²) in [6, 6.07) is 21.6. The van der Waals surface area contributed by atoms with Crippen LogP contribution in [0.2, 0.25) is 5.02 Å². The van der Waals surface area contributed by atoms with E-state index in [-0.39, 0.29) is 0 Å². The average molecular weight is 403 g/mol. The first kappa shape index (κ1) is 18.2. The highest BCUT2D eigenvalue weighted by Gasteiger charge is 2.11. The number of aromatic nitrogens is 1. The lowest BCUT2D eigenvalue weighted by Crippen LogP contribution is -1.82. The maximum absolute atomic E-state index is 9.60. The number of furan rings is 1. The molecule has 2 heterocycles. The zero-order chi connectivity index (χ0) is 19.5. The Kier molecular flexibility index (Phi) is 5.12. The molecule has 0 aliphatic carbocycles. The van der Waals surface area contributed by atoms with Crippen LogP contribution in [0.25, 0.3) is 34.2 Å². The molecule has 0 fully saturated rings. The lowest BCUT2D eigenvalue weighted by Gasteiger charge is -1.97. The third-order valence-corrected chi connectivity index (χ3v) is 5.37. The Hall–Kier alpha value is -3.13. The van der Waals surface area contributed by atoms with E-state index in [9.17, 15) is 5.26 Å². The van der Waals surface area contributed by atoms with Crippen molar-refractivity contribution in [1.29, 1.82) is 5.26 Å². The normalized spacial score (nSPS) is 11.4. The molecule has 3 nitrogen and oxygen atoms in total. The molecule has 0 unspecified atom stereocenters. The molecule has 0 spiro atoms. The van der Waals surface area contributed by atoms with Crippen LogP contribution in [0.15, 0.2) is 70.5 Å². The third kappa shape index (κ3) is 3.91. The van der Waals surface area contributed by atoms with Gasteiger partial charge < -0.3 is 4.42 Å². The van der Waals surface area contributed by atoms with Gasteiger partial charge in [-0.1, -0.05) is 41.4 Å². The van der Waals surface area contributed by atoms with Crippen LogP contribution in [0.5, 0.6) is 0 Å². The summed E-state index contributed by atoms with van der Waals surface area (Å²) in [5, 5.41) is 12.9. The molecule has 2 aromatic heterocycles. The Bertz CT molecular complexity index is 1180. The van der Waals surface area contributed by atoms with Gasteiger partial charge >= 0.3 is 0 Å². The first-order chi connectivity index (χ1) is 13.6. The minimum atomic E-state index is 0.473. The SMILES string of the molecule is Cc1ccc(-c2csc(/C(C#N)=C/c3ccc(-c4ccc(Cl)cc4)o3)n2)cc1. The summed E-state index contributed by atoms with van der Waals surface area (Å²) < 4.78 is 5.87. The number of halogens is 1. The van der Waals surface area contributed by atoms with Crippen molar-refractivity contribution in [1.82, 2.24) is 4.98 Å². The van der Waals surface area contributed by atoms with Crippen LogP contribution in [0.4, 0.5) is 0 Å². The quantitative estimate of drug-likeness (QED) is 0.342. The third-order valence-electron chi connectivity index (χ3n) is 4.24. The summed E-state index contributed by atoms with van der Waals surface area (Å²) in [6.07, 6.45) is 1.72. The van der Waals surface area contributed by atoms with Gasteiger partial charge in [-0.25, -0.2) is 4.98 Å². The van der Waals surface area contributed by atoms with Crippen molar-refractivity contribution in [3.8, 4) is 28.7 Å². The summed E-state index contributed by atoms with van der Waals surface area (Å²) in [5.41, 5.74) is 4.50. The van der Waals surface area contributed by atoms with E-state index < -0.39 is 0 Å². The van der Waals surface area contributed by atoms with Gasteiger partial charge in [0.2, 0.25) is 0 Å². The van der Waals surface area contributed by atoms with Crippen LogP contribution in [0.1, 0.15) is 16.3 Å². The summed E-state index contributed by atoms with van der Waals surface area (Å²) in [5.74, 6) is 1.33. The fourth-order valence-electron chi connectivity index (χ4n) is 2.74. The summed E-state index contributed by atoms with van der Waals surface area (Å²) >= 11 is 7.38. The highest BCUT2D eigenvalue weighted by molar-refractivity contribution is 7.11. The van der Waals surface area contributed by atoms with Gasteiger partial charge in [0.15, 0.2) is 0 Å². The van der Waals surface area contributed by atoms with E-state index in [1.165, 1.54) is 16.9 Å². The molecule has 4 rings (SSSR count). The lowest BCUT2D eigenvalue weighted by atomic mass is 10.1. The molecule has 4 aromatic rings. The Balaban J connectivity index is 1.61. The molecule has 0 saturated carbocycles. The number of aryl methyl sites for hydroxylation is 1. The number of nitriles is 1. The zero-order valence-corrected chi connectivity index (χ0v) is 16.6. The summed E-state index contributed by atoms with van der Waals surface area (Å²) in [7, 11) is 0. The number of thiazole rings is 1. The summed E-state index contributed by atoms with van der Waals surface area (Å²) in [6.45, 7) is 2.05. The van der Waals surface area contributed by atoms with Crippen molar-refractivity contribution in [2.45, 2.75) is 6.92 Å². The molecule has 136 valence electrons. The molecule has 28 heavy (non-hydrogen) atoms. The van der Waals surface area contributed by atoms with Crippen LogP contribution in [0.3, 0.4) is 0 Å². The largest absolute Gasteiger partial charge is 0.457 e. The van der Waals surface area contributed by atoms with E-state index >= 15 is 0 Å². The van der Waals surface area contributed by atoms with E-state index in [1.807, 2.05) is 53.9 Å². The predicted octanol–water partition coefficient (Wildman–Crippen LogP) is 7.10. The number of nitrogens with zero attached hydrogens (tertiary/aromatic N) is 2. The molecular weight excluding hydrogens is 388 g/mol. The highest BCUT2D eigenvalue weighted by atomic mass is 35.5. The number of benzene rings is 2. The van der Waals surface area contributed by atoms with Gasteiger partial charge in [0, 0.05) is 27.6 Å². The second-order valence-electron chi connectivity index (χ2n) is 6.28. The smallest absolute Gasteiger partial charge is 0.134 e. The van der Waals surface area contributed by atoms with Gasteiger partial charge in [0.1, 0.15) is 22.6 Å². The predicted molar refractivity (Wildman–Crippen MR) is 115 cm³/mol. The number of rotatable bonds is 4. The highest BCUT2D eigenvalue weighted by Crippen LogP contribution is 2.29. The van der Waals surface area contributed by atoms with Crippen molar-refractivity contribution >= 4 is 34.6 Å². The molecule has 0 radical (unpaired) electrons. The van der Waals surface area contributed by atoms with E-state index in [1.54, 1.807) is 6.08 Å². The van der Waals surface area contributed by atoms with Crippen molar-refractivity contribution in [2.24, 2.45) is 0 Å². The van der Waals surface area contributed by atoms with Gasteiger partial charge in [-0.3, -0.25) is 0 Å². The van der Waals surface area contributed by atoms with Gasteiger partial charge in [-0.15, -0.1) is 11.3 Å². The molecule has 0 saturated heterocycles. The fourth-order valence-corrected chi connectivity index (χ4v) is 3.66. The van der Waals surface area contributed by atoms with Crippen molar-refractivity contribution in [2.75, 3.05) is 0 Å². The molecule has 5 heteroatoms. The molecule has 0 N–H and O–H groups in total. The van der Waals surface area contributed by atoms with Crippen LogP contribution < -0.4 is 0 Å². The Morgan fingerprint density at radius 3 is 2.46 bits per heavy atom. The monoisotopic (exact) mass is 402 g/mol. The minimum Gasteiger partial charge on any atom is -0.457 e. The van der Waals surface area contributed by atoms with Crippen LogP contribution >= 0.6 is 22.9 Å². The number of allylic oxidation sites excluding steroid dienone is 1. The number of hydrogen-bond acceptors (Lipinski definition) is 4. The van der Waals surface area contributed by atoms with E-state index in [0.717, 1.165) is 22.6 Å². The van der Waals surface area contributed by atoms with Crippen molar-refractivity contribution in [3.63, 3.8) is 0 Å². The maximum Gasteiger partial charge on any atom is 0.134 e. The lowest BCUT2D eigenvalue weighted by molar-refractivity contribution is 0.572. The Morgan fingerprint density at radius 1 is 1.04 bits per heavy atom. The zero-order valence-electron chi connectivity index (χ0n) is 15.0. The first-order valence-electron chi connectivity index (χ1n) is 8.63. The van der Waals surface area contributed by atoms with Crippen LogP contribution in [-0.4, -0.2) is 4.98 Å². The molecule has 0 atom stereocenters. The molecule has 0 bridgehead atoms. The van der Waals surface area contributed by atoms with Crippen LogP contribution in [0, 0.1) is 18.3 Å². The van der Waals surface area contributed by atoms with E-state index in [0.29, 0.717) is 21.4 Å². The van der Waals surface area contributed by atoms with Crippen molar-refractivity contribution < 1.29 is 4.42 Å². The Morgan fingerprint density at radius 2 is 1.75 bits per heavy atom. The minimum absolute atomic E-state index is 0.473. The van der Waals surface area contributed by atoms with Crippen molar-refractivity contribution in [3.05, 3.63) is 87.4 Å². The Labute approximate surface area is 172 Å². The second kappa shape index (κ2) is 7.85. The second-order valence-corrected chi connectivity index (χ2v) is 7.58. The molecular formula is C23H15ClN2OS. The first-order valence-corrected chi connectivity index (χ1v) is 9.88. The maximum atomic E-state index is 9.60. The standard InChI is InChI=1S/C23H15ClN2OS/c1-15-2-4-16(5-3-15)21-14-28-23(26-21)18(13-25)12-20-10-11-22(27-20)17-6-8-19(24)9-7-17/h2-12,14H,1H3/b18-12+. The topological polar surface area (TPSA) is 49.8 Å². The summed E-state index contributed by atoms with van der Waals surface area (Å²) in [4.78, 5) is 4.62. The van der Waals surface area contributed by atoms with Gasteiger partial charge in [-0.2, -0.15) is 5.26 Å². The molecule has 0 aliphatic rings. The molecule has 0 amide bonds. The fraction of sp³-hybridized carbons (Fsp3) is 0.0435. The van der Waals surface area contributed by atoms with Gasteiger partial charge in [0.05, 0.1) is 11.3 Å². The van der Waals surface area contributed by atoms with Crippen LogP contribution in [-0.2, 0) is 0 Å². The molecule has 0 aliphatic heterocycles. The van der Waals surface area contributed by atoms with Gasteiger partial charge in [-0.05, 0) is 43.3 Å². The average Bonchev–Trinajstić information content (AvgIpc) is 3.37. The van der Waals surface area contributed by atoms with E-state index in [2.05, 4.69) is 30.1 Å².